The Bertz CT molecular complexity index is 239. The average molecular weight is 240 g/mol. The SMILES string of the molecule is CCOC(=N)CCc1c[nH]cn1.Cl.Cl. The first-order valence-electron chi connectivity index (χ1n) is 4.00. The van der Waals surface area contributed by atoms with Gasteiger partial charge in [-0.25, -0.2) is 4.98 Å². The van der Waals surface area contributed by atoms with Gasteiger partial charge < -0.3 is 9.72 Å². The quantitative estimate of drug-likeness (QED) is 0.626. The van der Waals surface area contributed by atoms with E-state index in [0.29, 0.717) is 18.9 Å². The smallest absolute Gasteiger partial charge is 0.180 e. The lowest BCUT2D eigenvalue weighted by molar-refractivity contribution is 0.314. The third-order valence-electron chi connectivity index (χ3n) is 1.48. The summed E-state index contributed by atoms with van der Waals surface area (Å²) in [5, 5.41) is 7.33. The van der Waals surface area contributed by atoms with Crippen molar-refractivity contribution in [2.75, 3.05) is 6.61 Å². The molecule has 4 nitrogen and oxygen atoms in total. The van der Waals surface area contributed by atoms with Crippen molar-refractivity contribution in [2.45, 2.75) is 19.8 Å². The molecule has 0 aliphatic rings. The zero-order valence-corrected chi connectivity index (χ0v) is 9.58. The first kappa shape index (κ1) is 15.7. The zero-order valence-electron chi connectivity index (χ0n) is 7.95. The van der Waals surface area contributed by atoms with Crippen LogP contribution in [0.5, 0.6) is 0 Å². The fourth-order valence-corrected chi connectivity index (χ4v) is 0.916. The van der Waals surface area contributed by atoms with E-state index in [9.17, 15) is 0 Å². The van der Waals surface area contributed by atoms with Crippen molar-refractivity contribution in [3.8, 4) is 0 Å². The van der Waals surface area contributed by atoms with Crippen LogP contribution in [0.15, 0.2) is 12.5 Å². The molecule has 2 N–H and O–H groups in total. The van der Waals surface area contributed by atoms with Crippen molar-refractivity contribution in [2.24, 2.45) is 0 Å². The first-order chi connectivity index (χ1) is 5.83. The molecule has 1 heterocycles. The highest BCUT2D eigenvalue weighted by Gasteiger charge is 1.99. The molecule has 0 atom stereocenters. The number of aromatic nitrogens is 2. The van der Waals surface area contributed by atoms with Gasteiger partial charge in [0.2, 0.25) is 0 Å². The van der Waals surface area contributed by atoms with Crippen LogP contribution >= 0.6 is 24.8 Å². The summed E-state index contributed by atoms with van der Waals surface area (Å²) in [6, 6.07) is 0. The Hall–Kier alpha value is -0.740. The molecule has 1 aromatic heterocycles. The summed E-state index contributed by atoms with van der Waals surface area (Å²) in [6.45, 7) is 2.45. The Kier molecular flexibility index (Phi) is 9.93. The number of aromatic amines is 1. The van der Waals surface area contributed by atoms with Crippen LogP contribution in [0, 0.1) is 5.41 Å². The summed E-state index contributed by atoms with van der Waals surface area (Å²) in [5.74, 6) is 0.334. The topological polar surface area (TPSA) is 61.8 Å². The van der Waals surface area contributed by atoms with Crippen LogP contribution in [0.2, 0.25) is 0 Å². The number of hydrogen-bond acceptors (Lipinski definition) is 3. The van der Waals surface area contributed by atoms with Crippen molar-refractivity contribution in [3.63, 3.8) is 0 Å². The Labute approximate surface area is 95.8 Å². The standard InChI is InChI=1S/C8H13N3O.2ClH/c1-2-12-8(9)4-3-7-5-10-6-11-7;;/h5-6,9H,2-4H2,1H3,(H,10,11);2*1H. The molecule has 0 spiro atoms. The molecule has 0 bridgehead atoms. The van der Waals surface area contributed by atoms with Gasteiger partial charge in [-0.05, 0) is 13.3 Å². The summed E-state index contributed by atoms with van der Waals surface area (Å²) >= 11 is 0. The van der Waals surface area contributed by atoms with Crippen molar-refractivity contribution in [1.82, 2.24) is 9.97 Å². The molecule has 14 heavy (non-hydrogen) atoms. The van der Waals surface area contributed by atoms with Crippen LogP contribution in [0.25, 0.3) is 0 Å². The molecule has 1 aromatic rings. The lowest BCUT2D eigenvalue weighted by Crippen LogP contribution is -2.04. The number of H-pyrrole nitrogens is 1. The highest BCUT2D eigenvalue weighted by molar-refractivity contribution is 5.85. The maximum absolute atomic E-state index is 7.33. The Morgan fingerprint density at radius 2 is 2.29 bits per heavy atom. The van der Waals surface area contributed by atoms with Gasteiger partial charge in [-0.3, -0.25) is 5.41 Å². The van der Waals surface area contributed by atoms with E-state index in [2.05, 4.69) is 9.97 Å². The number of nitrogens with zero attached hydrogens (tertiary/aromatic N) is 1. The second kappa shape index (κ2) is 8.84. The van der Waals surface area contributed by atoms with Crippen molar-refractivity contribution < 1.29 is 4.74 Å². The molecule has 0 aliphatic heterocycles. The molecular formula is C8H15Cl2N3O. The van der Waals surface area contributed by atoms with E-state index in [1.807, 2.05) is 13.1 Å². The molecule has 1 rings (SSSR count). The Balaban J connectivity index is 0. The van der Waals surface area contributed by atoms with Crippen LogP contribution < -0.4 is 0 Å². The van der Waals surface area contributed by atoms with Gasteiger partial charge >= 0.3 is 0 Å². The van der Waals surface area contributed by atoms with E-state index in [-0.39, 0.29) is 24.8 Å². The molecule has 0 radical (unpaired) electrons. The third-order valence-corrected chi connectivity index (χ3v) is 1.48. The third kappa shape index (κ3) is 5.83. The monoisotopic (exact) mass is 239 g/mol. The van der Waals surface area contributed by atoms with Crippen LogP contribution in [0.3, 0.4) is 0 Å². The van der Waals surface area contributed by atoms with Crippen molar-refractivity contribution >= 4 is 30.7 Å². The van der Waals surface area contributed by atoms with Gasteiger partial charge in [-0.1, -0.05) is 0 Å². The zero-order chi connectivity index (χ0) is 8.81. The lowest BCUT2D eigenvalue weighted by Gasteiger charge is -2.02. The van der Waals surface area contributed by atoms with E-state index in [1.54, 1.807) is 6.33 Å². The lowest BCUT2D eigenvalue weighted by atomic mass is 10.2. The Morgan fingerprint density at radius 1 is 1.57 bits per heavy atom. The molecule has 0 amide bonds. The van der Waals surface area contributed by atoms with Crippen LogP contribution in [0.1, 0.15) is 19.0 Å². The number of nitrogens with one attached hydrogen (secondary N) is 2. The molecule has 0 aromatic carbocycles. The molecule has 0 saturated carbocycles. The second-order valence-electron chi connectivity index (χ2n) is 2.42. The van der Waals surface area contributed by atoms with Gasteiger partial charge in [0.1, 0.15) is 0 Å². The van der Waals surface area contributed by atoms with Crippen LogP contribution in [0.4, 0.5) is 0 Å². The summed E-state index contributed by atoms with van der Waals surface area (Å²) < 4.78 is 4.99. The van der Waals surface area contributed by atoms with E-state index >= 15 is 0 Å². The highest BCUT2D eigenvalue weighted by Crippen LogP contribution is 1.98. The summed E-state index contributed by atoms with van der Waals surface area (Å²) in [6.07, 6.45) is 4.86. The van der Waals surface area contributed by atoms with E-state index in [4.69, 9.17) is 10.1 Å². The van der Waals surface area contributed by atoms with Gasteiger partial charge in [-0.15, -0.1) is 24.8 Å². The normalized spacial score (nSPS) is 8.36. The Morgan fingerprint density at radius 3 is 2.79 bits per heavy atom. The number of imidazole rings is 1. The first-order valence-corrected chi connectivity index (χ1v) is 4.00. The second-order valence-corrected chi connectivity index (χ2v) is 2.42. The number of ether oxygens (including phenoxy) is 1. The fourth-order valence-electron chi connectivity index (χ4n) is 0.916. The van der Waals surface area contributed by atoms with Gasteiger partial charge in [0.15, 0.2) is 5.90 Å². The summed E-state index contributed by atoms with van der Waals surface area (Å²) in [7, 11) is 0. The largest absolute Gasteiger partial charge is 0.481 e. The van der Waals surface area contributed by atoms with Gasteiger partial charge in [-0.2, -0.15) is 0 Å². The predicted octanol–water partition coefficient (Wildman–Crippen LogP) is 2.20. The minimum Gasteiger partial charge on any atom is -0.481 e. The molecular weight excluding hydrogens is 225 g/mol. The number of aryl methyl sites for hydroxylation is 1. The maximum atomic E-state index is 7.33. The van der Waals surface area contributed by atoms with Crippen molar-refractivity contribution in [1.29, 1.82) is 5.41 Å². The molecule has 0 unspecified atom stereocenters. The minimum atomic E-state index is 0. The van der Waals surface area contributed by atoms with Gasteiger partial charge in [0, 0.05) is 12.6 Å². The molecule has 0 fully saturated rings. The molecule has 6 heteroatoms. The number of hydrogen-bond donors (Lipinski definition) is 2. The van der Waals surface area contributed by atoms with E-state index in [0.717, 1.165) is 12.1 Å². The fraction of sp³-hybridized carbons (Fsp3) is 0.500. The number of rotatable bonds is 4. The minimum absolute atomic E-state index is 0. The van der Waals surface area contributed by atoms with Gasteiger partial charge in [0.25, 0.3) is 0 Å². The van der Waals surface area contributed by atoms with Crippen LogP contribution in [-0.4, -0.2) is 22.5 Å². The van der Waals surface area contributed by atoms with E-state index < -0.39 is 0 Å². The molecule has 0 aliphatic carbocycles. The van der Waals surface area contributed by atoms with E-state index in [1.165, 1.54) is 0 Å². The predicted molar refractivity (Wildman–Crippen MR) is 60.8 cm³/mol. The molecule has 0 saturated heterocycles. The van der Waals surface area contributed by atoms with Gasteiger partial charge in [0.05, 0.1) is 18.6 Å². The van der Waals surface area contributed by atoms with Crippen molar-refractivity contribution in [3.05, 3.63) is 18.2 Å². The highest BCUT2D eigenvalue weighted by atomic mass is 35.5. The summed E-state index contributed by atoms with van der Waals surface area (Å²) in [5.41, 5.74) is 0.972. The van der Waals surface area contributed by atoms with Crippen LogP contribution in [-0.2, 0) is 11.2 Å². The molecule has 82 valence electrons. The number of halogens is 2. The average Bonchev–Trinajstić information content (AvgIpc) is 2.53. The summed E-state index contributed by atoms with van der Waals surface area (Å²) in [4.78, 5) is 6.90. The maximum Gasteiger partial charge on any atom is 0.180 e.